The van der Waals surface area contributed by atoms with Crippen LogP contribution in [0.15, 0.2) is 24.3 Å². The summed E-state index contributed by atoms with van der Waals surface area (Å²) in [5.74, 6) is -0.945. The maximum Gasteiger partial charge on any atom is 0.335 e. The molecule has 2 N–H and O–H groups in total. The van der Waals surface area contributed by atoms with Crippen LogP contribution in [0.25, 0.3) is 0 Å². The highest BCUT2D eigenvalue weighted by molar-refractivity contribution is 5.87. The molecule has 0 aromatic heterocycles. The molecule has 0 saturated carbocycles. The first-order valence-corrected chi connectivity index (χ1v) is 6.72. The van der Waals surface area contributed by atoms with Crippen molar-refractivity contribution in [2.75, 3.05) is 13.1 Å². The number of likely N-dealkylation sites (tertiary alicyclic amines) is 1. The van der Waals surface area contributed by atoms with E-state index in [-0.39, 0.29) is 17.0 Å². The number of urea groups is 1. The number of hydrogen-bond acceptors (Lipinski definition) is 2. The maximum atomic E-state index is 12.0. The van der Waals surface area contributed by atoms with Crippen LogP contribution in [0.2, 0.25) is 0 Å². The van der Waals surface area contributed by atoms with Crippen molar-refractivity contribution in [2.45, 2.75) is 26.8 Å². The smallest absolute Gasteiger partial charge is 0.335 e. The molecule has 5 nitrogen and oxygen atoms in total. The molecular weight excluding hydrogens is 256 g/mol. The number of nitrogens with zero attached hydrogens (tertiary/aromatic N) is 1. The quantitative estimate of drug-likeness (QED) is 0.890. The van der Waals surface area contributed by atoms with Crippen molar-refractivity contribution < 1.29 is 14.7 Å². The molecule has 108 valence electrons. The standard InChI is InChI=1S/C15H20N2O3/c1-15(2)7-8-17(10-15)14(20)16-9-11-3-5-12(6-4-11)13(18)19/h3-6H,7-10H2,1-2H3,(H,16,20)(H,18,19). The number of carboxylic acid groups (broad SMARTS) is 1. The van der Waals surface area contributed by atoms with Gasteiger partial charge in [0.2, 0.25) is 0 Å². The fourth-order valence-electron chi connectivity index (χ4n) is 2.34. The minimum atomic E-state index is -0.945. The van der Waals surface area contributed by atoms with Gasteiger partial charge in [-0.05, 0) is 29.5 Å². The Bertz CT molecular complexity index is 508. The van der Waals surface area contributed by atoms with Gasteiger partial charge in [-0.2, -0.15) is 0 Å². The molecule has 0 atom stereocenters. The number of nitrogens with one attached hydrogen (secondary N) is 1. The summed E-state index contributed by atoms with van der Waals surface area (Å²) >= 11 is 0. The van der Waals surface area contributed by atoms with Crippen molar-refractivity contribution in [3.63, 3.8) is 0 Å². The average molecular weight is 276 g/mol. The minimum Gasteiger partial charge on any atom is -0.478 e. The Morgan fingerprint density at radius 1 is 1.30 bits per heavy atom. The van der Waals surface area contributed by atoms with Crippen molar-refractivity contribution >= 4 is 12.0 Å². The number of amides is 2. The third-order valence-corrected chi connectivity index (χ3v) is 3.61. The summed E-state index contributed by atoms with van der Waals surface area (Å²) in [4.78, 5) is 24.6. The number of carbonyl (C=O) groups excluding carboxylic acids is 1. The Hall–Kier alpha value is -2.04. The first-order chi connectivity index (χ1) is 9.37. The van der Waals surface area contributed by atoms with Crippen LogP contribution in [-0.4, -0.2) is 35.1 Å². The number of carboxylic acids is 1. The third-order valence-electron chi connectivity index (χ3n) is 3.61. The van der Waals surface area contributed by atoms with Crippen LogP contribution in [0.4, 0.5) is 4.79 Å². The lowest BCUT2D eigenvalue weighted by Crippen LogP contribution is -2.38. The van der Waals surface area contributed by atoms with E-state index in [2.05, 4.69) is 19.2 Å². The summed E-state index contributed by atoms with van der Waals surface area (Å²) in [5, 5.41) is 11.7. The zero-order valence-corrected chi connectivity index (χ0v) is 11.8. The van der Waals surface area contributed by atoms with Crippen molar-refractivity contribution in [1.29, 1.82) is 0 Å². The second-order valence-corrected chi connectivity index (χ2v) is 6.00. The summed E-state index contributed by atoms with van der Waals surface area (Å²) in [7, 11) is 0. The molecule has 20 heavy (non-hydrogen) atoms. The van der Waals surface area contributed by atoms with E-state index in [0.29, 0.717) is 6.54 Å². The fraction of sp³-hybridized carbons (Fsp3) is 0.467. The average Bonchev–Trinajstić information content (AvgIpc) is 2.77. The van der Waals surface area contributed by atoms with E-state index < -0.39 is 5.97 Å². The number of benzene rings is 1. The number of rotatable bonds is 3. The first kappa shape index (κ1) is 14.4. The number of hydrogen-bond donors (Lipinski definition) is 2. The topological polar surface area (TPSA) is 69.6 Å². The molecule has 2 rings (SSSR count). The van der Waals surface area contributed by atoms with E-state index in [1.807, 2.05) is 4.90 Å². The molecule has 0 spiro atoms. The van der Waals surface area contributed by atoms with Crippen LogP contribution in [0, 0.1) is 5.41 Å². The predicted octanol–water partition coefficient (Wildman–Crippen LogP) is 2.33. The van der Waals surface area contributed by atoms with Crippen molar-refractivity contribution in [3.05, 3.63) is 35.4 Å². The van der Waals surface area contributed by atoms with Gasteiger partial charge >= 0.3 is 12.0 Å². The third kappa shape index (κ3) is 3.50. The Balaban J connectivity index is 1.86. The molecule has 1 fully saturated rings. The largest absolute Gasteiger partial charge is 0.478 e. The maximum absolute atomic E-state index is 12.0. The molecule has 1 heterocycles. The zero-order valence-electron chi connectivity index (χ0n) is 11.8. The monoisotopic (exact) mass is 276 g/mol. The van der Waals surface area contributed by atoms with E-state index in [4.69, 9.17) is 5.11 Å². The number of carbonyl (C=O) groups is 2. The Kier molecular flexibility index (Phi) is 3.97. The minimum absolute atomic E-state index is 0.0575. The lowest BCUT2D eigenvalue weighted by atomic mass is 9.93. The van der Waals surface area contributed by atoms with E-state index >= 15 is 0 Å². The Labute approximate surface area is 118 Å². The Morgan fingerprint density at radius 3 is 2.45 bits per heavy atom. The van der Waals surface area contributed by atoms with Crippen LogP contribution in [0.3, 0.4) is 0 Å². The normalized spacial score (nSPS) is 17.0. The van der Waals surface area contributed by atoms with Gasteiger partial charge in [0.25, 0.3) is 0 Å². The van der Waals surface area contributed by atoms with E-state index in [9.17, 15) is 9.59 Å². The fourth-order valence-corrected chi connectivity index (χ4v) is 2.34. The van der Waals surface area contributed by atoms with E-state index in [1.54, 1.807) is 24.3 Å². The summed E-state index contributed by atoms with van der Waals surface area (Å²) in [6.07, 6.45) is 1.02. The van der Waals surface area contributed by atoms with Gasteiger partial charge in [-0.15, -0.1) is 0 Å². The van der Waals surface area contributed by atoms with Crippen LogP contribution < -0.4 is 5.32 Å². The summed E-state index contributed by atoms with van der Waals surface area (Å²) in [5.41, 5.74) is 1.34. The van der Waals surface area contributed by atoms with Gasteiger partial charge in [0.1, 0.15) is 0 Å². The van der Waals surface area contributed by atoms with Gasteiger partial charge in [0.05, 0.1) is 5.56 Å². The van der Waals surface area contributed by atoms with Gasteiger partial charge in [-0.25, -0.2) is 9.59 Å². The predicted molar refractivity (Wildman–Crippen MR) is 75.6 cm³/mol. The van der Waals surface area contributed by atoms with Gasteiger partial charge in [0, 0.05) is 19.6 Å². The molecule has 2 amide bonds. The first-order valence-electron chi connectivity index (χ1n) is 6.72. The van der Waals surface area contributed by atoms with Crippen molar-refractivity contribution in [2.24, 2.45) is 5.41 Å². The number of aromatic carboxylic acids is 1. The molecule has 0 aliphatic carbocycles. The Morgan fingerprint density at radius 2 is 1.95 bits per heavy atom. The molecule has 5 heteroatoms. The molecule has 1 aromatic rings. The summed E-state index contributed by atoms with van der Waals surface area (Å²) in [6.45, 7) is 6.29. The second-order valence-electron chi connectivity index (χ2n) is 6.00. The van der Waals surface area contributed by atoms with E-state index in [0.717, 1.165) is 25.1 Å². The second kappa shape index (κ2) is 5.53. The van der Waals surface area contributed by atoms with Gasteiger partial charge < -0.3 is 15.3 Å². The van der Waals surface area contributed by atoms with Gasteiger partial charge in [0.15, 0.2) is 0 Å². The molecule has 1 aliphatic rings. The lowest BCUT2D eigenvalue weighted by Gasteiger charge is -2.20. The summed E-state index contributed by atoms with van der Waals surface area (Å²) < 4.78 is 0. The molecule has 0 radical (unpaired) electrons. The molecule has 1 aliphatic heterocycles. The van der Waals surface area contributed by atoms with Gasteiger partial charge in [-0.1, -0.05) is 26.0 Å². The summed E-state index contributed by atoms with van der Waals surface area (Å²) in [6, 6.07) is 6.47. The molecule has 0 bridgehead atoms. The zero-order chi connectivity index (χ0) is 14.8. The van der Waals surface area contributed by atoms with Crippen LogP contribution >= 0.6 is 0 Å². The van der Waals surface area contributed by atoms with Crippen LogP contribution in [0.5, 0.6) is 0 Å². The molecule has 0 unspecified atom stereocenters. The van der Waals surface area contributed by atoms with Gasteiger partial charge in [-0.3, -0.25) is 0 Å². The highest BCUT2D eigenvalue weighted by Crippen LogP contribution is 2.28. The molecule has 1 aromatic carbocycles. The van der Waals surface area contributed by atoms with Crippen molar-refractivity contribution in [1.82, 2.24) is 10.2 Å². The van der Waals surface area contributed by atoms with Crippen molar-refractivity contribution in [3.8, 4) is 0 Å². The van der Waals surface area contributed by atoms with Crippen LogP contribution in [0.1, 0.15) is 36.2 Å². The SMILES string of the molecule is CC1(C)CCN(C(=O)NCc2ccc(C(=O)O)cc2)C1. The lowest BCUT2D eigenvalue weighted by molar-refractivity contribution is 0.0697. The highest BCUT2D eigenvalue weighted by Gasteiger charge is 2.31. The highest BCUT2D eigenvalue weighted by atomic mass is 16.4. The molecular formula is C15H20N2O3. The molecule has 1 saturated heterocycles. The van der Waals surface area contributed by atoms with E-state index in [1.165, 1.54) is 0 Å². The van der Waals surface area contributed by atoms with Crippen LogP contribution in [-0.2, 0) is 6.54 Å².